The van der Waals surface area contributed by atoms with E-state index < -0.39 is 10.0 Å². The van der Waals surface area contributed by atoms with Gasteiger partial charge in [0.15, 0.2) is 0 Å². The molecule has 2 N–H and O–H groups in total. The standard InChI is InChI=1S/C22H22N2O4S/c1-17(18-8-4-2-5-9-18)24-22(25)15-14-19-12-13-20(28-19)16-23-29(26,27)21-10-6-3-7-11-21/h2-15,17,23H,16H2,1H3,(H,24,25)/b15-14+/t17-/m1/s1. The largest absolute Gasteiger partial charge is 0.460 e. The van der Waals surface area contributed by atoms with Crippen molar-refractivity contribution in [3.8, 4) is 0 Å². The molecular weight excluding hydrogens is 388 g/mol. The number of carbonyl (C=O) groups excluding carboxylic acids is 1. The summed E-state index contributed by atoms with van der Waals surface area (Å²) in [6.07, 6.45) is 2.93. The number of furan rings is 1. The van der Waals surface area contributed by atoms with Crippen molar-refractivity contribution in [1.29, 1.82) is 0 Å². The van der Waals surface area contributed by atoms with Crippen LogP contribution < -0.4 is 10.0 Å². The number of amides is 1. The van der Waals surface area contributed by atoms with Crippen molar-refractivity contribution < 1.29 is 17.6 Å². The maximum Gasteiger partial charge on any atom is 0.244 e. The highest BCUT2D eigenvalue weighted by atomic mass is 32.2. The third-order valence-corrected chi connectivity index (χ3v) is 5.65. The Morgan fingerprint density at radius 1 is 1.00 bits per heavy atom. The SMILES string of the molecule is C[C@@H](NC(=O)/C=C/c1ccc(CNS(=O)(=O)c2ccccc2)o1)c1ccccc1. The van der Waals surface area contributed by atoms with Gasteiger partial charge >= 0.3 is 0 Å². The van der Waals surface area contributed by atoms with Crippen molar-refractivity contribution >= 4 is 22.0 Å². The first-order valence-electron chi connectivity index (χ1n) is 9.11. The molecule has 3 aromatic rings. The van der Waals surface area contributed by atoms with Crippen LogP contribution in [-0.4, -0.2) is 14.3 Å². The van der Waals surface area contributed by atoms with Crippen molar-refractivity contribution in [1.82, 2.24) is 10.0 Å². The summed E-state index contributed by atoms with van der Waals surface area (Å²) in [5.74, 6) is 0.660. The maximum absolute atomic E-state index is 12.2. The van der Waals surface area contributed by atoms with Gasteiger partial charge in [-0.25, -0.2) is 13.1 Å². The summed E-state index contributed by atoms with van der Waals surface area (Å²) in [4.78, 5) is 12.3. The van der Waals surface area contributed by atoms with Gasteiger partial charge in [-0.05, 0) is 42.8 Å². The first-order valence-corrected chi connectivity index (χ1v) is 10.6. The van der Waals surface area contributed by atoms with Crippen LogP contribution in [0.4, 0.5) is 0 Å². The van der Waals surface area contributed by atoms with Crippen molar-refractivity contribution in [2.24, 2.45) is 0 Å². The van der Waals surface area contributed by atoms with Gasteiger partial charge in [-0.1, -0.05) is 48.5 Å². The van der Waals surface area contributed by atoms with Crippen molar-refractivity contribution in [2.75, 3.05) is 0 Å². The number of rotatable bonds is 8. The first kappa shape index (κ1) is 20.6. The lowest BCUT2D eigenvalue weighted by Gasteiger charge is -2.12. The molecule has 1 heterocycles. The lowest BCUT2D eigenvalue weighted by atomic mass is 10.1. The van der Waals surface area contributed by atoms with Crippen LogP contribution in [0, 0.1) is 0 Å². The molecule has 29 heavy (non-hydrogen) atoms. The fourth-order valence-electron chi connectivity index (χ4n) is 2.67. The summed E-state index contributed by atoms with van der Waals surface area (Å²) in [5.41, 5.74) is 1.01. The minimum absolute atomic E-state index is 0.0162. The van der Waals surface area contributed by atoms with Gasteiger partial charge in [0.05, 0.1) is 17.5 Å². The van der Waals surface area contributed by atoms with E-state index in [4.69, 9.17) is 4.42 Å². The number of nitrogens with one attached hydrogen (secondary N) is 2. The van der Waals surface area contributed by atoms with E-state index in [1.54, 1.807) is 36.4 Å². The summed E-state index contributed by atoms with van der Waals surface area (Å²) < 4.78 is 32.5. The molecule has 0 radical (unpaired) electrons. The molecule has 0 unspecified atom stereocenters. The monoisotopic (exact) mass is 410 g/mol. The molecule has 0 aliphatic rings. The third kappa shape index (κ3) is 5.91. The minimum Gasteiger partial charge on any atom is -0.460 e. The highest BCUT2D eigenvalue weighted by Crippen LogP contribution is 2.13. The Bertz CT molecular complexity index is 1070. The van der Waals surface area contributed by atoms with Crippen LogP contribution >= 0.6 is 0 Å². The van der Waals surface area contributed by atoms with E-state index in [9.17, 15) is 13.2 Å². The third-order valence-electron chi connectivity index (χ3n) is 4.23. The van der Waals surface area contributed by atoms with Gasteiger partial charge in [0.25, 0.3) is 0 Å². The van der Waals surface area contributed by atoms with Crippen LogP contribution in [0.2, 0.25) is 0 Å². The number of hydrogen-bond acceptors (Lipinski definition) is 4. The highest BCUT2D eigenvalue weighted by molar-refractivity contribution is 7.89. The molecule has 0 spiro atoms. The molecule has 0 saturated carbocycles. The Labute approximate surface area is 170 Å². The molecule has 1 aromatic heterocycles. The van der Waals surface area contributed by atoms with Crippen molar-refractivity contribution in [3.63, 3.8) is 0 Å². The summed E-state index contributed by atoms with van der Waals surface area (Å²) in [5, 5.41) is 2.88. The van der Waals surface area contributed by atoms with Gasteiger partial charge in [-0.2, -0.15) is 0 Å². The summed E-state index contributed by atoms with van der Waals surface area (Å²) in [7, 11) is -3.61. The van der Waals surface area contributed by atoms with Gasteiger partial charge in [0.2, 0.25) is 15.9 Å². The van der Waals surface area contributed by atoms with E-state index in [0.29, 0.717) is 11.5 Å². The molecular formula is C22H22N2O4S. The quantitative estimate of drug-likeness (QED) is 0.555. The molecule has 0 aliphatic heterocycles. The summed E-state index contributed by atoms with van der Waals surface area (Å²) in [6, 6.07) is 21.0. The summed E-state index contributed by atoms with van der Waals surface area (Å²) in [6.45, 7) is 1.92. The Balaban J connectivity index is 1.54. The summed E-state index contributed by atoms with van der Waals surface area (Å²) >= 11 is 0. The van der Waals surface area contributed by atoms with Crippen LogP contribution in [0.15, 0.2) is 88.2 Å². The average molecular weight is 410 g/mol. The van der Waals surface area contributed by atoms with E-state index in [-0.39, 0.29) is 23.4 Å². The Morgan fingerprint density at radius 2 is 1.66 bits per heavy atom. The van der Waals surface area contributed by atoms with Crippen LogP contribution in [0.3, 0.4) is 0 Å². The van der Waals surface area contributed by atoms with E-state index >= 15 is 0 Å². The fourth-order valence-corrected chi connectivity index (χ4v) is 3.69. The Morgan fingerprint density at radius 3 is 2.34 bits per heavy atom. The number of carbonyl (C=O) groups is 1. The van der Waals surface area contributed by atoms with Crippen LogP contribution in [0.25, 0.3) is 6.08 Å². The van der Waals surface area contributed by atoms with E-state index in [2.05, 4.69) is 10.0 Å². The first-order chi connectivity index (χ1) is 13.9. The van der Waals surface area contributed by atoms with Crippen molar-refractivity contribution in [2.45, 2.75) is 24.4 Å². The van der Waals surface area contributed by atoms with Crippen molar-refractivity contribution in [3.05, 3.63) is 96.0 Å². The zero-order chi connectivity index (χ0) is 20.7. The maximum atomic E-state index is 12.2. The predicted octanol–water partition coefficient (Wildman–Crippen LogP) is 3.65. The van der Waals surface area contributed by atoms with Gasteiger partial charge < -0.3 is 9.73 Å². The van der Waals surface area contributed by atoms with E-state index in [1.807, 2.05) is 37.3 Å². The molecule has 0 fully saturated rings. The van der Waals surface area contributed by atoms with Gasteiger partial charge in [0, 0.05) is 6.08 Å². The molecule has 0 aliphatic carbocycles. The molecule has 1 amide bonds. The van der Waals surface area contributed by atoms with Gasteiger partial charge in [0.1, 0.15) is 11.5 Å². The zero-order valence-electron chi connectivity index (χ0n) is 15.9. The zero-order valence-corrected chi connectivity index (χ0v) is 16.7. The molecule has 6 nitrogen and oxygen atoms in total. The molecule has 2 aromatic carbocycles. The van der Waals surface area contributed by atoms with Crippen LogP contribution in [0.5, 0.6) is 0 Å². The second-order valence-corrected chi connectivity index (χ2v) is 8.18. The normalized spacial score (nSPS) is 12.7. The number of benzene rings is 2. The molecule has 0 bridgehead atoms. The van der Waals surface area contributed by atoms with Crippen LogP contribution in [-0.2, 0) is 21.4 Å². The molecule has 1 atom stereocenters. The minimum atomic E-state index is -3.61. The lowest BCUT2D eigenvalue weighted by Crippen LogP contribution is -2.24. The molecule has 0 saturated heterocycles. The smallest absolute Gasteiger partial charge is 0.244 e. The predicted molar refractivity (Wildman–Crippen MR) is 111 cm³/mol. The lowest BCUT2D eigenvalue weighted by molar-refractivity contribution is -0.117. The van der Waals surface area contributed by atoms with Crippen LogP contribution in [0.1, 0.15) is 30.0 Å². The molecule has 150 valence electrons. The number of hydrogen-bond donors (Lipinski definition) is 2. The second-order valence-electron chi connectivity index (χ2n) is 6.42. The second kappa shape index (κ2) is 9.36. The highest BCUT2D eigenvalue weighted by Gasteiger charge is 2.14. The fraction of sp³-hybridized carbons (Fsp3) is 0.136. The van der Waals surface area contributed by atoms with Gasteiger partial charge in [-0.3, -0.25) is 4.79 Å². The topological polar surface area (TPSA) is 88.4 Å². The number of sulfonamides is 1. The van der Waals surface area contributed by atoms with E-state index in [1.165, 1.54) is 18.2 Å². The van der Waals surface area contributed by atoms with Gasteiger partial charge in [-0.15, -0.1) is 0 Å². The molecule has 7 heteroatoms. The Kier molecular flexibility index (Phi) is 6.64. The average Bonchev–Trinajstić information content (AvgIpc) is 3.20. The Hall–Kier alpha value is -3.16. The molecule has 3 rings (SSSR count). The van der Waals surface area contributed by atoms with E-state index in [0.717, 1.165) is 5.56 Å².